The lowest BCUT2D eigenvalue weighted by Gasteiger charge is -2.27. The number of nitrogens with zero attached hydrogens (tertiary/aromatic N) is 2. The Bertz CT molecular complexity index is 488. The predicted octanol–water partition coefficient (Wildman–Crippen LogP) is 0.889. The number of carbonyl (C=O) groups is 1. The van der Waals surface area contributed by atoms with E-state index in [9.17, 15) is 4.79 Å². The topological polar surface area (TPSA) is 68.5 Å². The highest BCUT2D eigenvalue weighted by Gasteiger charge is 2.20. The molecule has 1 rings (SSSR count). The molecule has 0 fully saturated rings. The first-order chi connectivity index (χ1) is 9.63. The normalized spacial score (nSPS) is 11.4. The van der Waals surface area contributed by atoms with Gasteiger partial charge in [-0.1, -0.05) is 11.8 Å². The van der Waals surface area contributed by atoms with Gasteiger partial charge in [-0.2, -0.15) is 0 Å². The van der Waals surface area contributed by atoms with Gasteiger partial charge in [-0.25, -0.2) is 4.98 Å². The van der Waals surface area contributed by atoms with Gasteiger partial charge in [-0.15, -0.1) is 0 Å². The quantitative estimate of drug-likeness (QED) is 0.810. The average Bonchev–Trinajstić information content (AvgIpc) is 2.46. The molecular weight excluding hydrogens is 254 g/mol. The van der Waals surface area contributed by atoms with E-state index in [2.05, 4.69) is 16.8 Å². The Morgan fingerprint density at radius 3 is 2.80 bits per heavy atom. The third kappa shape index (κ3) is 4.34. The van der Waals surface area contributed by atoms with Crippen molar-refractivity contribution in [1.29, 1.82) is 0 Å². The van der Waals surface area contributed by atoms with E-state index < -0.39 is 0 Å². The number of carbonyl (C=O) groups excluding carboxylic acids is 1. The number of rotatable bonds is 5. The molecule has 5 nitrogen and oxygen atoms in total. The first kappa shape index (κ1) is 16.2. The summed E-state index contributed by atoms with van der Waals surface area (Å²) in [4.78, 5) is 18.3. The second kappa shape index (κ2) is 8.31. The van der Waals surface area contributed by atoms with Gasteiger partial charge >= 0.3 is 0 Å². The van der Waals surface area contributed by atoms with Crippen molar-refractivity contribution in [3.8, 4) is 11.8 Å². The summed E-state index contributed by atoms with van der Waals surface area (Å²) in [6.45, 7) is 5.30. The SMILES string of the molecule is CCN(C(=O)c1ccc(C#CCN)cn1)C(C)COC. The number of methoxy groups -OCH3 is 1. The van der Waals surface area contributed by atoms with Crippen molar-refractivity contribution in [3.63, 3.8) is 0 Å². The number of likely N-dealkylation sites (N-methyl/N-ethyl adjacent to an activating group) is 1. The second-order valence-electron chi connectivity index (χ2n) is 4.33. The molecule has 0 bridgehead atoms. The van der Waals surface area contributed by atoms with Gasteiger partial charge in [0.25, 0.3) is 5.91 Å². The molecule has 20 heavy (non-hydrogen) atoms. The molecule has 1 atom stereocenters. The monoisotopic (exact) mass is 275 g/mol. The molecule has 1 unspecified atom stereocenters. The number of amides is 1. The van der Waals surface area contributed by atoms with Crippen LogP contribution in [0.25, 0.3) is 0 Å². The summed E-state index contributed by atoms with van der Waals surface area (Å²) in [5.74, 6) is 5.52. The van der Waals surface area contributed by atoms with Crippen LogP contribution in [0.15, 0.2) is 18.3 Å². The van der Waals surface area contributed by atoms with Crippen molar-refractivity contribution < 1.29 is 9.53 Å². The molecular formula is C15H21N3O2. The lowest BCUT2D eigenvalue weighted by atomic mass is 10.2. The van der Waals surface area contributed by atoms with Crippen LogP contribution in [0.5, 0.6) is 0 Å². The summed E-state index contributed by atoms with van der Waals surface area (Å²) in [7, 11) is 1.62. The van der Waals surface area contributed by atoms with E-state index in [1.807, 2.05) is 13.8 Å². The summed E-state index contributed by atoms with van der Waals surface area (Å²) in [5, 5.41) is 0. The third-order valence-electron chi connectivity index (χ3n) is 2.86. The van der Waals surface area contributed by atoms with Crippen LogP contribution in [0.1, 0.15) is 29.9 Å². The van der Waals surface area contributed by atoms with Gasteiger partial charge in [0.05, 0.1) is 19.2 Å². The largest absolute Gasteiger partial charge is 0.383 e. The number of hydrogen-bond acceptors (Lipinski definition) is 4. The maximum atomic E-state index is 12.4. The lowest BCUT2D eigenvalue weighted by molar-refractivity contribution is 0.0573. The smallest absolute Gasteiger partial charge is 0.272 e. The zero-order valence-corrected chi connectivity index (χ0v) is 12.2. The van der Waals surface area contributed by atoms with E-state index >= 15 is 0 Å². The Morgan fingerprint density at radius 1 is 1.55 bits per heavy atom. The molecule has 0 radical (unpaired) electrons. The van der Waals surface area contributed by atoms with Gasteiger partial charge in [0.2, 0.25) is 0 Å². The van der Waals surface area contributed by atoms with Gasteiger partial charge in [0, 0.05) is 25.4 Å². The Hall–Kier alpha value is -1.90. The van der Waals surface area contributed by atoms with E-state index in [4.69, 9.17) is 10.5 Å². The van der Waals surface area contributed by atoms with Crippen LogP contribution >= 0.6 is 0 Å². The number of ether oxygens (including phenoxy) is 1. The summed E-state index contributed by atoms with van der Waals surface area (Å²) < 4.78 is 5.09. The van der Waals surface area contributed by atoms with Crippen molar-refractivity contribution in [2.24, 2.45) is 5.73 Å². The summed E-state index contributed by atoms with van der Waals surface area (Å²) in [6.07, 6.45) is 1.59. The van der Waals surface area contributed by atoms with Crippen LogP contribution in [-0.2, 0) is 4.74 Å². The van der Waals surface area contributed by atoms with Crippen LogP contribution in [0.2, 0.25) is 0 Å². The highest BCUT2D eigenvalue weighted by atomic mass is 16.5. The van der Waals surface area contributed by atoms with E-state index in [1.165, 1.54) is 0 Å². The fourth-order valence-corrected chi connectivity index (χ4v) is 1.88. The Labute approximate surface area is 120 Å². The molecule has 1 heterocycles. The highest BCUT2D eigenvalue weighted by Crippen LogP contribution is 2.07. The Balaban J connectivity index is 2.85. The molecule has 1 amide bonds. The Morgan fingerprint density at radius 2 is 2.30 bits per heavy atom. The van der Waals surface area contributed by atoms with Crippen molar-refractivity contribution in [2.75, 3.05) is 26.8 Å². The fraction of sp³-hybridized carbons (Fsp3) is 0.467. The van der Waals surface area contributed by atoms with Crippen LogP contribution in [0.3, 0.4) is 0 Å². The van der Waals surface area contributed by atoms with Crippen LogP contribution in [0.4, 0.5) is 0 Å². The van der Waals surface area contributed by atoms with E-state index in [-0.39, 0.29) is 11.9 Å². The van der Waals surface area contributed by atoms with E-state index in [1.54, 1.807) is 30.3 Å². The number of aromatic nitrogens is 1. The Kier molecular flexibility index (Phi) is 6.71. The summed E-state index contributed by atoms with van der Waals surface area (Å²) in [6, 6.07) is 3.47. The first-order valence-electron chi connectivity index (χ1n) is 6.58. The standard InChI is InChI=1S/C15H21N3O2/c1-4-18(12(2)11-20-3)15(19)14-8-7-13(10-17-14)6-5-9-16/h7-8,10,12H,4,9,11,16H2,1-3H3. The van der Waals surface area contributed by atoms with Gasteiger partial charge in [-0.3, -0.25) is 4.79 Å². The molecule has 108 valence electrons. The molecule has 2 N–H and O–H groups in total. The fourth-order valence-electron chi connectivity index (χ4n) is 1.88. The van der Waals surface area contributed by atoms with E-state index in [0.717, 1.165) is 5.56 Å². The lowest BCUT2D eigenvalue weighted by Crippen LogP contribution is -2.41. The van der Waals surface area contributed by atoms with Gasteiger partial charge in [0.1, 0.15) is 5.69 Å². The molecule has 0 aliphatic heterocycles. The summed E-state index contributed by atoms with van der Waals surface area (Å²) >= 11 is 0. The van der Waals surface area contributed by atoms with Crippen molar-refractivity contribution in [3.05, 3.63) is 29.6 Å². The van der Waals surface area contributed by atoms with Gasteiger partial charge in [-0.05, 0) is 26.0 Å². The molecule has 0 aromatic carbocycles. The molecule has 0 spiro atoms. The molecule has 0 aliphatic carbocycles. The molecule has 0 saturated carbocycles. The minimum Gasteiger partial charge on any atom is -0.383 e. The van der Waals surface area contributed by atoms with Crippen LogP contribution in [0, 0.1) is 11.8 Å². The zero-order valence-electron chi connectivity index (χ0n) is 12.2. The molecule has 0 aliphatic rings. The third-order valence-corrected chi connectivity index (χ3v) is 2.86. The van der Waals surface area contributed by atoms with Crippen molar-refractivity contribution in [2.45, 2.75) is 19.9 Å². The van der Waals surface area contributed by atoms with Crippen LogP contribution in [-0.4, -0.2) is 48.6 Å². The molecule has 1 aromatic heterocycles. The van der Waals surface area contributed by atoms with Crippen LogP contribution < -0.4 is 5.73 Å². The molecule has 1 aromatic rings. The van der Waals surface area contributed by atoms with Crippen molar-refractivity contribution in [1.82, 2.24) is 9.88 Å². The maximum Gasteiger partial charge on any atom is 0.272 e. The van der Waals surface area contributed by atoms with E-state index in [0.29, 0.717) is 25.4 Å². The number of hydrogen-bond donors (Lipinski definition) is 1. The summed E-state index contributed by atoms with van der Waals surface area (Å²) in [5.41, 5.74) is 6.47. The number of pyridine rings is 1. The second-order valence-corrected chi connectivity index (χ2v) is 4.33. The minimum atomic E-state index is -0.101. The minimum absolute atomic E-state index is 0.0102. The predicted molar refractivity (Wildman–Crippen MR) is 78.2 cm³/mol. The first-order valence-corrected chi connectivity index (χ1v) is 6.58. The average molecular weight is 275 g/mol. The maximum absolute atomic E-state index is 12.4. The molecule has 5 heteroatoms. The zero-order chi connectivity index (χ0) is 15.0. The highest BCUT2D eigenvalue weighted by molar-refractivity contribution is 5.92. The van der Waals surface area contributed by atoms with Gasteiger partial charge < -0.3 is 15.4 Å². The van der Waals surface area contributed by atoms with Crippen molar-refractivity contribution >= 4 is 5.91 Å². The van der Waals surface area contributed by atoms with Gasteiger partial charge in [0.15, 0.2) is 0 Å². The molecule has 0 saturated heterocycles. The number of nitrogens with two attached hydrogens (primary N) is 1.